The molecule has 0 N–H and O–H groups in total. The minimum Gasteiger partial charge on any atom is -0.467 e. The molecule has 1 aromatic rings. The number of halogens is 2. The summed E-state index contributed by atoms with van der Waals surface area (Å²) in [5.74, 6) is -0.352. The molecule has 2 rings (SSSR count). The lowest BCUT2D eigenvalue weighted by atomic mass is 10.2. The van der Waals surface area contributed by atoms with E-state index in [1.807, 2.05) is 6.07 Å². The third-order valence-electron chi connectivity index (χ3n) is 3.06. The van der Waals surface area contributed by atoms with Gasteiger partial charge in [-0.2, -0.15) is 0 Å². The second kappa shape index (κ2) is 6.57. The summed E-state index contributed by atoms with van der Waals surface area (Å²) >= 11 is 12.3. The van der Waals surface area contributed by atoms with Gasteiger partial charge in [0, 0.05) is 35.2 Å². The number of rotatable bonds is 3. The van der Waals surface area contributed by atoms with E-state index in [1.165, 1.54) is 7.11 Å². The standard InChI is InChI=1S/C13H15Cl2NO3/c1-18-13(17)12-8-16(5-6-19-12)7-9-10(14)3-2-4-11(9)15/h2-4,12H,5-8H2,1H3. The first-order valence-electron chi connectivity index (χ1n) is 5.96. The largest absolute Gasteiger partial charge is 0.467 e. The van der Waals surface area contributed by atoms with Crippen molar-refractivity contribution in [2.75, 3.05) is 26.8 Å². The summed E-state index contributed by atoms with van der Waals surface area (Å²) in [6.07, 6.45) is -0.542. The van der Waals surface area contributed by atoms with E-state index in [-0.39, 0.29) is 5.97 Å². The van der Waals surface area contributed by atoms with Crippen molar-refractivity contribution in [3.8, 4) is 0 Å². The minimum absolute atomic E-state index is 0.352. The van der Waals surface area contributed by atoms with Crippen molar-refractivity contribution < 1.29 is 14.3 Å². The molecule has 1 unspecified atom stereocenters. The highest BCUT2D eigenvalue weighted by molar-refractivity contribution is 6.35. The number of hydrogen-bond acceptors (Lipinski definition) is 4. The molecule has 104 valence electrons. The predicted octanol–water partition coefficient (Wildman–Crippen LogP) is 2.37. The fraction of sp³-hybridized carbons (Fsp3) is 0.462. The average molecular weight is 304 g/mol. The Bertz CT molecular complexity index is 447. The Hall–Kier alpha value is -0.810. The van der Waals surface area contributed by atoms with Gasteiger partial charge in [0.2, 0.25) is 0 Å². The Morgan fingerprint density at radius 1 is 1.47 bits per heavy atom. The molecule has 0 aromatic heterocycles. The first kappa shape index (κ1) is 14.6. The van der Waals surface area contributed by atoms with Crippen LogP contribution in [0, 0.1) is 0 Å². The smallest absolute Gasteiger partial charge is 0.336 e. The van der Waals surface area contributed by atoms with E-state index in [9.17, 15) is 4.79 Å². The van der Waals surface area contributed by atoms with Crippen LogP contribution in [0.3, 0.4) is 0 Å². The number of benzene rings is 1. The quantitative estimate of drug-likeness (QED) is 0.804. The summed E-state index contributed by atoms with van der Waals surface area (Å²) in [6.45, 7) is 2.29. The van der Waals surface area contributed by atoms with E-state index >= 15 is 0 Å². The Morgan fingerprint density at radius 2 is 2.16 bits per heavy atom. The number of morpholine rings is 1. The van der Waals surface area contributed by atoms with Crippen molar-refractivity contribution in [3.63, 3.8) is 0 Å². The van der Waals surface area contributed by atoms with Gasteiger partial charge < -0.3 is 9.47 Å². The molecule has 0 aliphatic carbocycles. The Kier molecular flexibility index (Phi) is 5.05. The summed E-state index contributed by atoms with van der Waals surface area (Å²) < 4.78 is 10.1. The Balaban J connectivity index is 2.05. The molecule has 19 heavy (non-hydrogen) atoms. The van der Waals surface area contributed by atoms with Gasteiger partial charge in [0.05, 0.1) is 13.7 Å². The molecule has 1 fully saturated rings. The molecule has 0 bridgehead atoms. The van der Waals surface area contributed by atoms with Crippen LogP contribution in [0.25, 0.3) is 0 Å². The second-order valence-electron chi connectivity index (χ2n) is 4.32. The van der Waals surface area contributed by atoms with Crippen molar-refractivity contribution in [2.45, 2.75) is 12.6 Å². The summed E-state index contributed by atoms with van der Waals surface area (Å²) in [6, 6.07) is 5.42. The zero-order chi connectivity index (χ0) is 13.8. The van der Waals surface area contributed by atoms with Crippen LogP contribution in [0.4, 0.5) is 0 Å². The highest BCUT2D eigenvalue weighted by Crippen LogP contribution is 2.26. The van der Waals surface area contributed by atoms with E-state index in [2.05, 4.69) is 4.90 Å². The number of carbonyl (C=O) groups is 1. The molecule has 0 spiro atoms. The summed E-state index contributed by atoms with van der Waals surface area (Å²) in [5, 5.41) is 1.27. The molecule has 1 aliphatic rings. The van der Waals surface area contributed by atoms with Crippen LogP contribution in [0.15, 0.2) is 18.2 Å². The van der Waals surface area contributed by atoms with Crippen LogP contribution in [0.1, 0.15) is 5.56 Å². The van der Waals surface area contributed by atoms with Crippen LogP contribution in [-0.2, 0) is 20.8 Å². The van der Waals surface area contributed by atoms with Crippen LogP contribution >= 0.6 is 23.2 Å². The lowest BCUT2D eigenvalue weighted by Gasteiger charge is -2.31. The summed E-state index contributed by atoms with van der Waals surface area (Å²) in [5.41, 5.74) is 0.872. The van der Waals surface area contributed by atoms with Crippen LogP contribution in [0.2, 0.25) is 10.0 Å². The van der Waals surface area contributed by atoms with Gasteiger partial charge in [-0.25, -0.2) is 4.79 Å². The van der Waals surface area contributed by atoms with E-state index in [4.69, 9.17) is 32.7 Å². The minimum atomic E-state index is -0.542. The van der Waals surface area contributed by atoms with E-state index in [1.54, 1.807) is 12.1 Å². The van der Waals surface area contributed by atoms with E-state index in [0.717, 1.165) is 12.1 Å². The predicted molar refractivity (Wildman–Crippen MR) is 73.5 cm³/mol. The molecule has 6 heteroatoms. The monoisotopic (exact) mass is 303 g/mol. The molecule has 0 amide bonds. The molecule has 0 saturated carbocycles. The normalized spacial score (nSPS) is 20.3. The van der Waals surface area contributed by atoms with Crippen LogP contribution in [-0.4, -0.2) is 43.8 Å². The van der Waals surface area contributed by atoms with E-state index < -0.39 is 6.10 Å². The zero-order valence-corrected chi connectivity index (χ0v) is 12.1. The third-order valence-corrected chi connectivity index (χ3v) is 3.77. The maximum absolute atomic E-state index is 11.5. The van der Waals surface area contributed by atoms with Gasteiger partial charge in [0.1, 0.15) is 0 Å². The van der Waals surface area contributed by atoms with E-state index in [0.29, 0.717) is 29.7 Å². The lowest BCUT2D eigenvalue weighted by Crippen LogP contribution is -2.46. The average Bonchev–Trinajstić information content (AvgIpc) is 2.42. The first-order chi connectivity index (χ1) is 9.11. The van der Waals surface area contributed by atoms with Crippen molar-refractivity contribution in [2.24, 2.45) is 0 Å². The number of nitrogens with zero attached hydrogens (tertiary/aromatic N) is 1. The lowest BCUT2D eigenvalue weighted by molar-refractivity contribution is -0.160. The number of carbonyl (C=O) groups excluding carboxylic acids is 1. The number of methoxy groups -OCH3 is 1. The Labute approximate surface area is 122 Å². The van der Waals surface area contributed by atoms with Crippen molar-refractivity contribution >= 4 is 29.2 Å². The van der Waals surface area contributed by atoms with Gasteiger partial charge in [-0.3, -0.25) is 4.90 Å². The highest BCUT2D eigenvalue weighted by atomic mass is 35.5. The van der Waals surface area contributed by atoms with Gasteiger partial charge in [-0.1, -0.05) is 29.3 Å². The van der Waals surface area contributed by atoms with Gasteiger partial charge >= 0.3 is 5.97 Å². The SMILES string of the molecule is COC(=O)C1CN(Cc2c(Cl)cccc2Cl)CCO1. The first-order valence-corrected chi connectivity index (χ1v) is 6.72. The number of esters is 1. The molecule has 0 radical (unpaired) electrons. The number of hydrogen-bond donors (Lipinski definition) is 0. The number of ether oxygens (including phenoxy) is 2. The van der Waals surface area contributed by atoms with Gasteiger partial charge in [-0.15, -0.1) is 0 Å². The molecule has 1 aliphatic heterocycles. The van der Waals surface area contributed by atoms with Crippen molar-refractivity contribution in [1.82, 2.24) is 4.90 Å². The van der Waals surface area contributed by atoms with Crippen LogP contribution < -0.4 is 0 Å². The molecule has 4 nitrogen and oxygen atoms in total. The van der Waals surface area contributed by atoms with Gasteiger partial charge in [-0.05, 0) is 12.1 Å². The van der Waals surface area contributed by atoms with Crippen molar-refractivity contribution in [3.05, 3.63) is 33.8 Å². The van der Waals surface area contributed by atoms with Crippen molar-refractivity contribution in [1.29, 1.82) is 0 Å². The maximum atomic E-state index is 11.5. The fourth-order valence-electron chi connectivity index (χ4n) is 2.03. The fourth-order valence-corrected chi connectivity index (χ4v) is 2.54. The Morgan fingerprint density at radius 3 is 2.79 bits per heavy atom. The maximum Gasteiger partial charge on any atom is 0.336 e. The summed E-state index contributed by atoms with van der Waals surface area (Å²) in [7, 11) is 1.36. The molecular weight excluding hydrogens is 289 g/mol. The molecule has 1 saturated heterocycles. The topological polar surface area (TPSA) is 38.8 Å². The molecule has 1 aromatic carbocycles. The molecular formula is C13H15Cl2NO3. The molecule has 1 heterocycles. The highest BCUT2D eigenvalue weighted by Gasteiger charge is 2.27. The zero-order valence-electron chi connectivity index (χ0n) is 10.6. The second-order valence-corrected chi connectivity index (χ2v) is 5.13. The van der Waals surface area contributed by atoms with Crippen LogP contribution in [0.5, 0.6) is 0 Å². The summed E-state index contributed by atoms with van der Waals surface area (Å²) in [4.78, 5) is 13.6. The molecule has 1 atom stereocenters. The van der Waals surface area contributed by atoms with Gasteiger partial charge in [0.25, 0.3) is 0 Å². The van der Waals surface area contributed by atoms with Gasteiger partial charge in [0.15, 0.2) is 6.10 Å². The third kappa shape index (κ3) is 3.60.